The Balaban J connectivity index is 1.35. The van der Waals surface area contributed by atoms with Crippen LogP contribution in [0.5, 0.6) is 5.75 Å². The number of primary amides is 1. The number of fused-ring (bicyclic) bond motifs is 2. The van der Waals surface area contributed by atoms with E-state index < -0.39 is 211 Å². The van der Waals surface area contributed by atoms with Crippen molar-refractivity contribution in [3.05, 3.63) is 120 Å². The summed E-state index contributed by atoms with van der Waals surface area (Å²) in [7, 11) is 6.37. The molecule has 1 fully saturated rings. The Labute approximate surface area is 732 Å². The summed E-state index contributed by atoms with van der Waals surface area (Å²) in [4.78, 5) is 232. The molecule has 3 aromatic heterocycles. The molecule has 0 bridgehead atoms. The fourth-order valence-corrected chi connectivity index (χ4v) is 16.5. The van der Waals surface area contributed by atoms with Gasteiger partial charge in [-0.2, -0.15) is 0 Å². The Bertz CT molecular complexity index is 4720. The second kappa shape index (κ2) is 48.5. The average molecular weight is 1780 g/mol. The van der Waals surface area contributed by atoms with E-state index in [4.69, 9.17) is 28.7 Å². The highest BCUT2D eigenvalue weighted by molar-refractivity contribution is 8.76. The number of nitrogens with zero attached hydrogens (tertiary/aromatic N) is 4. The number of nitrogens with two attached hydrogens (primary N) is 5. The maximum atomic E-state index is 15.5. The van der Waals surface area contributed by atoms with Crippen LogP contribution in [0.1, 0.15) is 116 Å². The molecule has 7 rings (SSSR count). The number of carboxylic acid groups (broad SMARTS) is 1. The quantitative estimate of drug-likeness (QED) is 0.0129. The van der Waals surface area contributed by atoms with E-state index >= 15 is 28.8 Å². The Hall–Kier alpha value is -11.7. The van der Waals surface area contributed by atoms with Crippen molar-refractivity contribution >= 4 is 132 Å². The van der Waals surface area contributed by atoms with Gasteiger partial charge >= 0.3 is 5.97 Å². The lowest BCUT2D eigenvalue weighted by molar-refractivity contribution is -0.142. The number of aromatic amines is 2. The van der Waals surface area contributed by atoms with Crippen LogP contribution in [0.3, 0.4) is 0 Å². The first-order chi connectivity index (χ1) is 59.3. The molecule has 14 amide bonds. The first kappa shape index (κ1) is 100. The smallest absolute Gasteiger partial charge is 0.305 e. The number of likely N-dealkylation sites (N-methyl/N-ethyl adjacent to an activating group) is 2. The molecule has 6 aromatic rings. The lowest BCUT2D eigenvalue weighted by Gasteiger charge is -2.34. The van der Waals surface area contributed by atoms with Gasteiger partial charge in [-0.1, -0.05) is 125 Å². The molecule has 0 unspecified atom stereocenters. The van der Waals surface area contributed by atoms with Crippen LogP contribution >= 0.6 is 21.6 Å². The molecule has 0 radical (unpaired) electrons. The van der Waals surface area contributed by atoms with Crippen LogP contribution in [0.25, 0.3) is 21.8 Å². The first-order valence-corrected chi connectivity index (χ1v) is 43.9. The summed E-state index contributed by atoms with van der Waals surface area (Å²) in [6, 6.07) is 0.365. The van der Waals surface area contributed by atoms with Gasteiger partial charge in [0.2, 0.25) is 82.7 Å². The first-order valence-electron chi connectivity index (χ1n) is 41.4. The van der Waals surface area contributed by atoms with Gasteiger partial charge in [-0.3, -0.25) is 77.2 Å². The number of amides is 14. The normalized spacial score (nSPS) is 22.1. The largest absolute Gasteiger partial charge is 0.508 e. The van der Waals surface area contributed by atoms with Gasteiger partial charge in [0.1, 0.15) is 78.5 Å². The third-order valence-electron chi connectivity index (χ3n) is 21.9. The van der Waals surface area contributed by atoms with E-state index in [1.165, 1.54) is 50.6 Å². The van der Waals surface area contributed by atoms with Gasteiger partial charge in [0.25, 0.3) is 0 Å². The Morgan fingerprint density at radius 1 is 0.648 bits per heavy atom. The number of carbonyl (C=O) groups excluding carboxylic acids is 14. The Morgan fingerprint density at radius 3 is 1.86 bits per heavy atom. The Kier molecular flexibility index (Phi) is 39.0. The number of aromatic nitrogens is 4. The van der Waals surface area contributed by atoms with Gasteiger partial charge in [0.05, 0.1) is 25.3 Å². The summed E-state index contributed by atoms with van der Waals surface area (Å²) >= 11 is 0. The van der Waals surface area contributed by atoms with E-state index in [0.717, 1.165) is 26.5 Å². The predicted molar refractivity (Wildman–Crippen MR) is 470 cm³/mol. The van der Waals surface area contributed by atoms with Crippen molar-refractivity contribution in [2.45, 2.75) is 204 Å². The lowest BCUT2D eigenvalue weighted by Crippen LogP contribution is -2.62. The molecule has 15 atom stereocenters. The minimum absolute atomic E-state index is 0.00638. The Morgan fingerprint density at radius 2 is 1.23 bits per heavy atom. The second-order valence-electron chi connectivity index (χ2n) is 31.8. The van der Waals surface area contributed by atoms with Crippen LogP contribution in [0.4, 0.5) is 0 Å². The van der Waals surface area contributed by atoms with Crippen LogP contribution in [-0.2, 0) is 105 Å². The zero-order chi connectivity index (χ0) is 92.1. The number of aromatic hydroxyl groups is 1. The van der Waals surface area contributed by atoms with Crippen molar-refractivity contribution in [3.63, 3.8) is 0 Å². The summed E-state index contributed by atoms with van der Waals surface area (Å²) in [5, 5.41) is 53.7. The molecule has 3 aromatic carbocycles. The summed E-state index contributed by atoms with van der Waals surface area (Å²) in [6.07, 6.45) is 2.55. The van der Waals surface area contributed by atoms with Crippen LogP contribution in [-0.4, -0.2) is 258 Å². The van der Waals surface area contributed by atoms with E-state index in [0.29, 0.717) is 57.0 Å². The molecule has 42 heteroatoms. The number of aryl methyl sites for hydroxylation is 1. The lowest BCUT2D eigenvalue weighted by atomic mass is 9.97. The molecule has 1 saturated heterocycles. The molecular formula is C83H121N23O17S2. The zero-order valence-corrected chi connectivity index (χ0v) is 73.5. The van der Waals surface area contributed by atoms with Crippen LogP contribution in [0.15, 0.2) is 97.7 Å². The van der Waals surface area contributed by atoms with Crippen molar-refractivity contribution in [2.75, 3.05) is 45.2 Å². The molecule has 1 aliphatic rings. The molecule has 26 N–H and O–H groups in total. The van der Waals surface area contributed by atoms with Crippen LogP contribution in [0, 0.1) is 17.8 Å². The average Bonchev–Trinajstić information content (AvgIpc) is 1.66. The van der Waals surface area contributed by atoms with Gasteiger partial charge in [-0.05, 0) is 97.9 Å². The molecular weight excluding hydrogens is 1660 g/mol. The maximum Gasteiger partial charge on any atom is 0.305 e. The summed E-state index contributed by atoms with van der Waals surface area (Å²) in [5.41, 5.74) is 33.3. The minimum atomic E-state index is -2.06. The second-order valence-corrected chi connectivity index (χ2v) is 34.4. The van der Waals surface area contributed by atoms with E-state index in [9.17, 15) is 53.4 Å². The minimum Gasteiger partial charge on any atom is -0.508 e. The number of phenolic OH excluding ortho intramolecular Hbond substituents is 1. The topological polar surface area (TPSA) is 627 Å². The number of hydrogen-bond donors (Lipinski definition) is 21. The third kappa shape index (κ3) is 30.0. The molecule has 4 heterocycles. The molecule has 682 valence electrons. The van der Waals surface area contributed by atoms with Crippen molar-refractivity contribution in [2.24, 2.45) is 53.5 Å². The number of nitrogens with one attached hydrogen (secondary N) is 14. The van der Waals surface area contributed by atoms with Gasteiger partial charge in [-0.25, -0.2) is 4.98 Å². The molecule has 40 nitrogen and oxygen atoms in total. The van der Waals surface area contributed by atoms with Crippen molar-refractivity contribution in [1.29, 1.82) is 0 Å². The third-order valence-corrected chi connectivity index (χ3v) is 24.3. The van der Waals surface area contributed by atoms with E-state index in [1.54, 1.807) is 112 Å². The number of carbonyl (C=O) groups is 15. The number of benzene rings is 3. The zero-order valence-electron chi connectivity index (χ0n) is 71.9. The number of hydrogen-bond acceptors (Lipinski definition) is 24. The van der Waals surface area contributed by atoms with Crippen molar-refractivity contribution in [1.82, 2.24) is 93.1 Å². The van der Waals surface area contributed by atoms with Gasteiger partial charge in [0.15, 0.2) is 0 Å². The number of phenols is 1. The van der Waals surface area contributed by atoms with E-state index in [2.05, 4.69) is 78.8 Å². The molecule has 1 aliphatic heterocycles. The summed E-state index contributed by atoms with van der Waals surface area (Å²) in [6.45, 7) is 11.0. The predicted octanol–water partition coefficient (Wildman–Crippen LogP) is -2.26. The highest BCUT2D eigenvalue weighted by Crippen LogP contribution is 2.28. The molecule has 0 saturated carbocycles. The standard InChI is InChI=1S/C83H121N23O17S2/c1-11-44(5)65(35-84)106(10)82(123)63-41-125-124-40-62(100-80(121)70(45(6)12-2)103-72(113)54(85)30-47-23-25-51(107)26-24-47)78(119)102-69(43(3)4)79(120)98-58(32-49-38-104(8)64-22-16-14-19-53(49)64)75(116)95-57(27-28-66(86)108)74(115)97-60(34-68(110)111)77(118)99-61(31-48-36-91-55-20-15-13-18-52(48)55)81(122)105(9)39-67(109)93-46(7)71(112)96-59(33-50-37-89-42-92-50)76(117)94-56(73(114)101-63)21-17-29-90-83(87)88/h13-16,18-20,22-26,36-38,42-46,54,56-63,65,69-70,83,90-91,107H,11-12,17,21,27-35,39-41,84-85,87-88H2,1-10H3,(H2,86,108)(H,89,92)(H,93,109)(H,94,117)(H,95,116)(H,96,112)(H,97,115)(H,98,120)(H,99,118)(H,100,121)(H,101,114)(H,102,119)(H,103,113)(H,110,111)/t44-,45-,46-,54+,56-,57-,58-,59-,60-,61-,62-,63-,65+,69-,70-/m0/s1. The number of para-hydroxylation sites is 2. The maximum absolute atomic E-state index is 15.5. The highest BCUT2D eigenvalue weighted by atomic mass is 33.1. The summed E-state index contributed by atoms with van der Waals surface area (Å²) < 4.78 is 1.76. The van der Waals surface area contributed by atoms with Crippen LogP contribution in [0.2, 0.25) is 0 Å². The molecule has 125 heavy (non-hydrogen) atoms. The van der Waals surface area contributed by atoms with Gasteiger partial charge in [0, 0.05) is 117 Å². The van der Waals surface area contributed by atoms with Gasteiger partial charge in [-0.15, -0.1) is 0 Å². The number of rotatable bonds is 30. The van der Waals surface area contributed by atoms with Crippen LogP contribution < -0.4 is 92.5 Å². The van der Waals surface area contributed by atoms with E-state index in [1.807, 2.05) is 13.8 Å². The monoisotopic (exact) mass is 1780 g/mol. The van der Waals surface area contributed by atoms with Crippen molar-refractivity contribution in [3.8, 4) is 5.75 Å². The number of carboxylic acids is 1. The fourth-order valence-electron chi connectivity index (χ4n) is 14.2. The summed E-state index contributed by atoms with van der Waals surface area (Å²) in [5.74, 6) is -17.4. The van der Waals surface area contributed by atoms with Crippen molar-refractivity contribution < 1.29 is 82.1 Å². The number of H-pyrrole nitrogens is 2. The van der Waals surface area contributed by atoms with Gasteiger partial charge < -0.3 is 122 Å². The molecule has 0 spiro atoms. The number of imidazole rings is 1. The highest BCUT2D eigenvalue weighted by Gasteiger charge is 2.41. The SMILES string of the molecule is CC[C@H](C)[C@H](NC(=O)[C@H](N)Cc1ccc(O)cc1)C(=O)N[C@H]1CSSC[C@@H](C(=O)N(C)[C@H](CN)[C@@H](C)CC)NC(=O)[C@H](CCCNC(N)N)NC(=O)[C@H](Cc2cnc[nH]2)NC(=O)[C@H](C)NC(=O)CN(C)C(=O)[C@H](Cc2c[nH]c3ccccc23)NC(=O)[C@H](CC(=O)O)NC(=O)[C@H](CCC(N)=O)NC(=O)[C@H](Cc2cn(C)c3ccccc23)NC(=O)[C@H](C(C)C)NC1=O. The number of aliphatic carboxylic acids is 1. The fraction of sp³-hybridized carbons (Fsp3) is 0.518. The molecule has 0 aliphatic carbocycles. The van der Waals surface area contributed by atoms with E-state index in [-0.39, 0.29) is 74.8 Å².